The van der Waals surface area contributed by atoms with Crippen LogP contribution in [-0.2, 0) is 20.9 Å². The van der Waals surface area contributed by atoms with Crippen LogP contribution in [0.4, 0.5) is 5.69 Å². The summed E-state index contributed by atoms with van der Waals surface area (Å²) in [6.45, 7) is 1.38. The number of amides is 3. The van der Waals surface area contributed by atoms with Crippen LogP contribution in [0.2, 0.25) is 0 Å². The number of aromatic nitrogens is 1. The molecule has 0 aliphatic heterocycles. The molecule has 2 aromatic carbocycles. The van der Waals surface area contributed by atoms with Crippen molar-refractivity contribution in [3.63, 3.8) is 0 Å². The number of nitrogens with one attached hydrogen (secondary N) is 2. The van der Waals surface area contributed by atoms with Gasteiger partial charge >= 0.3 is 0 Å². The van der Waals surface area contributed by atoms with Crippen LogP contribution in [-0.4, -0.2) is 74.2 Å². The number of aryl methyl sites for hydroxylation is 2. The number of carbonyl (C=O) groups is 3. The molecule has 4 N–H and O–H groups in total. The first-order valence-corrected chi connectivity index (χ1v) is 15.9. The first-order valence-electron chi connectivity index (χ1n) is 14.2. The summed E-state index contributed by atoms with van der Waals surface area (Å²) in [6.07, 6.45) is 3.87. The van der Waals surface area contributed by atoms with Crippen molar-refractivity contribution in [1.82, 2.24) is 14.6 Å². The highest BCUT2D eigenvalue weighted by atomic mass is 32.2. The molecule has 0 spiro atoms. The van der Waals surface area contributed by atoms with Crippen molar-refractivity contribution in [3.8, 4) is 11.8 Å². The van der Waals surface area contributed by atoms with Gasteiger partial charge in [-0.1, -0.05) is 30.0 Å². The molecule has 46 heavy (non-hydrogen) atoms. The molecular formula is C34H34N4O7S. The number of benzene rings is 2. The third-order valence-electron chi connectivity index (χ3n) is 6.85. The molecule has 0 aliphatic rings. The molecule has 3 amide bonds. The van der Waals surface area contributed by atoms with Gasteiger partial charge in [0.05, 0.1) is 34.2 Å². The fourth-order valence-electron chi connectivity index (χ4n) is 4.31. The Bertz CT molecular complexity index is 1890. The van der Waals surface area contributed by atoms with Gasteiger partial charge in [0.1, 0.15) is 0 Å². The largest absolute Gasteiger partial charge is 0.459 e. The zero-order valence-corrected chi connectivity index (χ0v) is 26.2. The lowest BCUT2D eigenvalue weighted by atomic mass is 10.1. The van der Waals surface area contributed by atoms with Crippen molar-refractivity contribution >= 4 is 39.0 Å². The number of aliphatic hydroxyl groups excluding tert-OH is 2. The van der Waals surface area contributed by atoms with E-state index in [0.717, 1.165) is 11.1 Å². The monoisotopic (exact) mass is 642 g/mol. The molecule has 0 bridgehead atoms. The number of pyridine rings is 1. The predicted octanol–water partition coefficient (Wildman–Crippen LogP) is 2.80. The molecule has 0 fully saturated rings. The molecule has 11 nitrogen and oxygen atoms in total. The Morgan fingerprint density at radius 3 is 2.48 bits per heavy atom. The summed E-state index contributed by atoms with van der Waals surface area (Å²) in [5.74, 6) is 8.69. The van der Waals surface area contributed by atoms with Crippen LogP contribution in [0.1, 0.15) is 49.6 Å². The number of anilines is 1. The van der Waals surface area contributed by atoms with Gasteiger partial charge < -0.3 is 24.8 Å². The van der Waals surface area contributed by atoms with E-state index in [0.29, 0.717) is 28.1 Å². The van der Waals surface area contributed by atoms with Crippen molar-refractivity contribution < 1.29 is 33.2 Å². The summed E-state index contributed by atoms with van der Waals surface area (Å²) in [6, 6.07) is 16.8. The average molecular weight is 643 g/mol. The number of hydrogen-bond acceptors (Lipinski definition) is 8. The third kappa shape index (κ3) is 9.15. The lowest BCUT2D eigenvalue weighted by molar-refractivity contribution is -0.131. The number of rotatable bonds is 11. The molecule has 0 saturated heterocycles. The van der Waals surface area contributed by atoms with Gasteiger partial charge in [-0.3, -0.25) is 24.1 Å². The minimum absolute atomic E-state index is 0.0325. The maximum Gasteiger partial charge on any atom is 0.291 e. The van der Waals surface area contributed by atoms with Crippen LogP contribution < -0.4 is 10.0 Å². The second-order valence-electron chi connectivity index (χ2n) is 10.5. The molecule has 12 heteroatoms. The predicted molar refractivity (Wildman–Crippen MR) is 175 cm³/mol. The first kappa shape index (κ1) is 33.7. The smallest absolute Gasteiger partial charge is 0.291 e. The summed E-state index contributed by atoms with van der Waals surface area (Å²) >= 11 is 0. The molecule has 238 valence electrons. The number of nitrogens with zero attached hydrogens (tertiary/aromatic N) is 2. The van der Waals surface area contributed by atoms with Crippen molar-refractivity contribution in [2.45, 2.75) is 30.8 Å². The lowest BCUT2D eigenvalue weighted by Gasteiger charge is -2.19. The molecule has 2 heterocycles. The fraction of sp³-hybridized carbons (Fsp3) is 0.206. The van der Waals surface area contributed by atoms with E-state index in [4.69, 9.17) is 9.52 Å². The highest BCUT2D eigenvalue weighted by molar-refractivity contribution is 7.99. The molecule has 2 aromatic heterocycles. The quantitative estimate of drug-likeness (QED) is 0.143. The van der Waals surface area contributed by atoms with E-state index in [1.807, 2.05) is 0 Å². The Morgan fingerprint density at radius 1 is 1.04 bits per heavy atom. The Hall–Kier alpha value is -5.22. The van der Waals surface area contributed by atoms with Crippen molar-refractivity contribution in [2.24, 2.45) is 0 Å². The highest BCUT2D eigenvalue weighted by Gasteiger charge is 2.16. The highest BCUT2D eigenvalue weighted by Crippen LogP contribution is 2.16. The summed E-state index contributed by atoms with van der Waals surface area (Å²) in [5.41, 5.74) is 3.27. The van der Waals surface area contributed by atoms with E-state index < -0.39 is 28.3 Å². The summed E-state index contributed by atoms with van der Waals surface area (Å²) in [5, 5.41) is 21.2. The van der Waals surface area contributed by atoms with E-state index in [9.17, 15) is 23.7 Å². The van der Waals surface area contributed by atoms with Crippen LogP contribution in [0.3, 0.4) is 0 Å². The average Bonchev–Trinajstić information content (AvgIpc) is 3.48. The van der Waals surface area contributed by atoms with Gasteiger partial charge in [0.15, 0.2) is 5.76 Å². The maximum absolute atomic E-state index is 13.3. The van der Waals surface area contributed by atoms with Gasteiger partial charge in [0.2, 0.25) is 5.91 Å². The first-order chi connectivity index (χ1) is 21.9. The number of aliphatic hydroxyl groups is 2. The normalized spacial score (nSPS) is 12.6. The minimum Gasteiger partial charge on any atom is -0.459 e. The Morgan fingerprint density at radius 2 is 1.78 bits per heavy atom. The van der Waals surface area contributed by atoms with E-state index in [1.165, 1.54) is 29.6 Å². The van der Waals surface area contributed by atoms with Crippen LogP contribution in [0.25, 0.3) is 0 Å². The summed E-state index contributed by atoms with van der Waals surface area (Å²) in [7, 11) is -1.67. The van der Waals surface area contributed by atoms with Crippen molar-refractivity contribution in [3.05, 3.63) is 113 Å². The maximum atomic E-state index is 13.3. The molecule has 2 atom stereocenters. The van der Waals surface area contributed by atoms with E-state index >= 15 is 0 Å². The standard InChI is InChI=1S/C34H34N4O7S/c1-23-15-16-45-32(23)34(43)36-28-6-4-5-25(18-28)7-8-26-17-27(20-35-19-26)33(42)37-46(3,44)30-12-9-24(10-13-30)11-14-31(41)38(2)21-29(40)22-39/h4-6,9-10,12-13,15-20,29,39-40H,3,11,14,21-22H2,1-2H3,(H,36,43)(H,37,42,44). The van der Waals surface area contributed by atoms with Gasteiger partial charge in [0.25, 0.3) is 11.8 Å². The van der Waals surface area contributed by atoms with Gasteiger partial charge in [-0.25, -0.2) is 4.21 Å². The second-order valence-corrected chi connectivity index (χ2v) is 12.6. The molecule has 0 saturated carbocycles. The lowest BCUT2D eigenvalue weighted by Crippen LogP contribution is -2.35. The zero-order chi connectivity index (χ0) is 33.3. The van der Waals surface area contributed by atoms with Gasteiger partial charge in [-0.05, 0) is 67.2 Å². The van der Waals surface area contributed by atoms with E-state index in [2.05, 4.69) is 32.7 Å². The van der Waals surface area contributed by atoms with Gasteiger partial charge in [0, 0.05) is 59.7 Å². The van der Waals surface area contributed by atoms with Crippen LogP contribution in [0, 0.1) is 18.8 Å². The Balaban J connectivity index is 1.36. The Labute approximate surface area is 267 Å². The third-order valence-corrected chi connectivity index (χ3v) is 8.40. The molecule has 2 unspecified atom stereocenters. The SMILES string of the molecule is C=S(=O)(NC(=O)c1cncc(C#Cc2cccc(NC(=O)c3occc3C)c2)c1)c1ccc(CCC(=O)N(C)CC(O)CO)cc1. The summed E-state index contributed by atoms with van der Waals surface area (Å²) in [4.78, 5) is 43.5. The van der Waals surface area contributed by atoms with Crippen molar-refractivity contribution in [2.75, 3.05) is 25.5 Å². The number of carbonyl (C=O) groups excluding carboxylic acids is 3. The summed E-state index contributed by atoms with van der Waals surface area (Å²) < 4.78 is 21.0. The number of likely N-dealkylation sites (N-methyl/N-ethyl adjacent to an activating group) is 1. The van der Waals surface area contributed by atoms with Crippen LogP contribution in [0.15, 0.2) is 88.6 Å². The van der Waals surface area contributed by atoms with Gasteiger partial charge in [-0.15, -0.1) is 0 Å². The van der Waals surface area contributed by atoms with E-state index in [-0.39, 0.29) is 36.1 Å². The number of furan rings is 1. The molecular weight excluding hydrogens is 608 g/mol. The minimum atomic E-state index is -3.22. The van der Waals surface area contributed by atoms with Crippen molar-refractivity contribution in [1.29, 1.82) is 0 Å². The van der Waals surface area contributed by atoms with E-state index in [1.54, 1.807) is 68.6 Å². The Kier molecular flexibility index (Phi) is 11.1. The molecule has 4 aromatic rings. The molecule has 0 aliphatic carbocycles. The number of hydrogen-bond donors (Lipinski definition) is 4. The second kappa shape index (κ2) is 15.2. The fourth-order valence-corrected chi connectivity index (χ4v) is 5.42. The van der Waals surface area contributed by atoms with Crippen LogP contribution >= 0.6 is 0 Å². The van der Waals surface area contributed by atoms with Crippen LogP contribution in [0.5, 0.6) is 0 Å². The zero-order valence-electron chi connectivity index (χ0n) is 25.4. The van der Waals surface area contributed by atoms with Gasteiger partial charge in [-0.2, -0.15) is 0 Å². The topological polar surface area (TPSA) is 162 Å². The molecule has 0 radical (unpaired) electrons. The molecule has 4 rings (SSSR count).